The molecule has 0 spiro atoms. The molecule has 1 aliphatic rings. The molecule has 3 aromatic rings. The van der Waals surface area contributed by atoms with Gasteiger partial charge < -0.3 is 14.8 Å². The first-order chi connectivity index (χ1) is 17.8. The van der Waals surface area contributed by atoms with Crippen molar-refractivity contribution in [3.8, 4) is 11.5 Å². The molecule has 1 aliphatic heterocycles. The van der Waals surface area contributed by atoms with Gasteiger partial charge in [-0.15, -0.1) is 0 Å². The number of fused-ring (bicyclic) bond motifs is 1. The van der Waals surface area contributed by atoms with Gasteiger partial charge in [-0.2, -0.15) is 13.2 Å². The van der Waals surface area contributed by atoms with Gasteiger partial charge in [0.05, 0.1) is 19.8 Å². The molecule has 37 heavy (non-hydrogen) atoms. The first-order valence-corrected chi connectivity index (χ1v) is 12.2. The molecule has 196 valence electrons. The maximum atomic E-state index is 13.2. The highest BCUT2D eigenvalue weighted by atomic mass is 19.4. The van der Waals surface area contributed by atoms with Gasteiger partial charge in [0.25, 0.3) is 0 Å². The fourth-order valence-corrected chi connectivity index (χ4v) is 5.11. The molecule has 0 bridgehead atoms. The summed E-state index contributed by atoms with van der Waals surface area (Å²) >= 11 is 0. The van der Waals surface area contributed by atoms with E-state index in [0.29, 0.717) is 37.3 Å². The quantitative estimate of drug-likeness (QED) is 0.417. The zero-order valence-corrected chi connectivity index (χ0v) is 21.1. The monoisotopic (exact) mass is 514 g/mol. The van der Waals surface area contributed by atoms with E-state index in [1.165, 1.54) is 12.1 Å². The molecule has 0 fully saturated rings. The van der Waals surface area contributed by atoms with Crippen molar-refractivity contribution in [2.45, 2.75) is 37.5 Å². The summed E-state index contributed by atoms with van der Waals surface area (Å²) in [6.45, 7) is 0.632. The largest absolute Gasteiger partial charge is 0.493 e. The van der Waals surface area contributed by atoms with E-state index in [4.69, 9.17) is 9.47 Å². The molecule has 8 heteroatoms. The highest BCUT2D eigenvalue weighted by Crippen LogP contribution is 2.43. The van der Waals surface area contributed by atoms with Crippen LogP contribution in [0.3, 0.4) is 0 Å². The number of likely N-dealkylation sites (N-methyl/N-ethyl adjacent to an activating group) is 1. The summed E-state index contributed by atoms with van der Waals surface area (Å²) in [5, 5.41) is 2.81. The number of benzene rings is 3. The highest BCUT2D eigenvalue weighted by Gasteiger charge is 2.37. The van der Waals surface area contributed by atoms with E-state index in [1.807, 2.05) is 42.5 Å². The summed E-state index contributed by atoms with van der Waals surface area (Å²) in [5.41, 5.74) is 3.15. The van der Waals surface area contributed by atoms with E-state index in [-0.39, 0.29) is 11.9 Å². The number of carbonyl (C=O) groups excluding carboxylic acids is 1. The van der Waals surface area contributed by atoms with Gasteiger partial charge in [-0.05, 0) is 65.8 Å². The first-order valence-electron chi connectivity index (χ1n) is 12.2. The summed E-state index contributed by atoms with van der Waals surface area (Å²) in [7, 11) is 4.80. The third-order valence-corrected chi connectivity index (χ3v) is 6.97. The Balaban J connectivity index is 1.73. The van der Waals surface area contributed by atoms with Gasteiger partial charge in [0.15, 0.2) is 11.5 Å². The number of alkyl halides is 3. The fourth-order valence-electron chi connectivity index (χ4n) is 5.11. The number of aryl methyl sites for hydroxylation is 1. The van der Waals surface area contributed by atoms with Crippen LogP contribution in [0.25, 0.3) is 0 Å². The predicted octanol–water partition coefficient (Wildman–Crippen LogP) is 5.74. The number of nitrogens with one attached hydrogen (secondary N) is 1. The number of carbonyl (C=O) groups is 1. The lowest BCUT2D eigenvalue weighted by atomic mass is 10.0. The van der Waals surface area contributed by atoms with Gasteiger partial charge >= 0.3 is 6.18 Å². The Kier molecular flexibility index (Phi) is 8.07. The van der Waals surface area contributed by atoms with Gasteiger partial charge in [0, 0.05) is 19.6 Å². The second-order valence-corrected chi connectivity index (χ2v) is 9.07. The van der Waals surface area contributed by atoms with Crippen LogP contribution in [0.4, 0.5) is 13.2 Å². The molecule has 1 amide bonds. The van der Waals surface area contributed by atoms with E-state index in [9.17, 15) is 18.0 Å². The number of amides is 1. The Labute approximate surface area is 215 Å². The Hall–Kier alpha value is -3.52. The second-order valence-electron chi connectivity index (χ2n) is 9.07. The molecular weight excluding hydrogens is 483 g/mol. The minimum absolute atomic E-state index is 0.116. The normalized spacial score (nSPS) is 16.5. The Morgan fingerprint density at radius 2 is 1.68 bits per heavy atom. The van der Waals surface area contributed by atoms with E-state index < -0.39 is 17.8 Å². The highest BCUT2D eigenvalue weighted by molar-refractivity contribution is 5.83. The van der Waals surface area contributed by atoms with Crippen LogP contribution < -0.4 is 14.8 Å². The van der Waals surface area contributed by atoms with Gasteiger partial charge in [0.1, 0.15) is 6.04 Å². The molecule has 1 N–H and O–H groups in total. The molecule has 0 unspecified atom stereocenters. The van der Waals surface area contributed by atoms with Crippen molar-refractivity contribution in [2.75, 3.05) is 27.8 Å². The Bertz CT molecular complexity index is 1210. The summed E-state index contributed by atoms with van der Waals surface area (Å²) in [4.78, 5) is 15.4. The lowest BCUT2D eigenvalue weighted by Gasteiger charge is -2.42. The van der Waals surface area contributed by atoms with Crippen LogP contribution in [-0.4, -0.2) is 38.6 Å². The van der Waals surface area contributed by atoms with Gasteiger partial charge in [-0.3, -0.25) is 9.69 Å². The van der Waals surface area contributed by atoms with Crippen molar-refractivity contribution < 1.29 is 27.4 Å². The van der Waals surface area contributed by atoms with Crippen LogP contribution in [0.15, 0.2) is 66.7 Å². The third-order valence-electron chi connectivity index (χ3n) is 6.97. The van der Waals surface area contributed by atoms with Crippen LogP contribution in [0, 0.1) is 0 Å². The molecule has 5 nitrogen and oxygen atoms in total. The molecule has 1 heterocycles. The lowest BCUT2D eigenvalue weighted by Crippen LogP contribution is -2.44. The SMILES string of the molecule is CNC(=O)[C@@H](c1ccccc1)N1CCc2cc(OC)c(OC)cc2[14C@@H]1CCc1ccc(C(F)(F)F)cc1. The number of nitrogens with zero attached hydrogens (tertiary/aromatic N) is 1. The number of methoxy groups -OCH3 is 2. The molecule has 2 atom stereocenters. The summed E-state index contributed by atoms with van der Waals surface area (Å²) in [6, 6.07) is 18.2. The summed E-state index contributed by atoms with van der Waals surface area (Å²) in [5.74, 6) is 1.12. The van der Waals surface area contributed by atoms with Gasteiger partial charge in [-0.25, -0.2) is 0 Å². The van der Waals surface area contributed by atoms with Crippen LogP contribution >= 0.6 is 0 Å². The van der Waals surface area contributed by atoms with E-state index >= 15 is 0 Å². The number of rotatable bonds is 8. The van der Waals surface area contributed by atoms with Crippen LogP contribution in [0.1, 0.15) is 46.3 Å². The van der Waals surface area contributed by atoms with Crippen molar-refractivity contribution >= 4 is 5.91 Å². The van der Waals surface area contributed by atoms with Crippen LogP contribution in [0.5, 0.6) is 11.5 Å². The minimum atomic E-state index is -4.37. The molecule has 0 saturated carbocycles. The Morgan fingerprint density at radius 1 is 1.03 bits per heavy atom. The molecular formula is C29H31F3N2O3. The second kappa shape index (κ2) is 11.3. The number of hydrogen-bond acceptors (Lipinski definition) is 4. The Morgan fingerprint density at radius 3 is 2.27 bits per heavy atom. The fraction of sp³-hybridized carbons (Fsp3) is 0.345. The molecule has 4 rings (SSSR count). The van der Waals surface area contributed by atoms with Crippen molar-refractivity contribution in [3.63, 3.8) is 0 Å². The molecule has 0 saturated heterocycles. The maximum Gasteiger partial charge on any atom is 0.416 e. The van der Waals surface area contributed by atoms with Crippen LogP contribution in [-0.2, 0) is 23.8 Å². The summed E-state index contributed by atoms with van der Waals surface area (Å²) < 4.78 is 50.2. The molecule has 3 aromatic carbocycles. The molecule has 0 radical (unpaired) electrons. The van der Waals surface area contributed by atoms with Crippen molar-refractivity contribution in [2.24, 2.45) is 0 Å². The average Bonchev–Trinajstić information content (AvgIpc) is 2.91. The number of hydrogen-bond donors (Lipinski definition) is 1. The van der Waals surface area contributed by atoms with Gasteiger partial charge in [0.2, 0.25) is 5.91 Å². The number of halogens is 3. The standard InChI is InChI=1S/C29H31F3N2O3/c1-33-28(35)27(20-7-5-4-6-8-20)34-16-15-21-17-25(36-2)26(37-3)18-23(21)24(34)14-11-19-9-12-22(13-10-19)29(30,31)32/h4-10,12-13,17-18,24,27H,11,14-16H2,1-3H3,(H,33,35)/t24-,27+/m0/s1/i24+2. The average molecular weight is 515 g/mol. The number of ether oxygens (including phenoxy) is 2. The molecule has 0 aliphatic carbocycles. The topological polar surface area (TPSA) is 50.8 Å². The summed E-state index contributed by atoms with van der Waals surface area (Å²) in [6.07, 6.45) is -2.51. The van der Waals surface area contributed by atoms with Crippen molar-refractivity contribution in [3.05, 3.63) is 94.5 Å². The van der Waals surface area contributed by atoms with Crippen LogP contribution in [0.2, 0.25) is 0 Å². The zero-order chi connectivity index (χ0) is 26.6. The smallest absolute Gasteiger partial charge is 0.416 e. The minimum Gasteiger partial charge on any atom is -0.493 e. The third kappa shape index (κ3) is 5.74. The molecule has 0 aromatic heterocycles. The lowest BCUT2D eigenvalue weighted by molar-refractivity contribution is -0.137. The van der Waals surface area contributed by atoms with E-state index in [1.54, 1.807) is 21.3 Å². The van der Waals surface area contributed by atoms with E-state index in [0.717, 1.165) is 34.4 Å². The van der Waals surface area contributed by atoms with Crippen molar-refractivity contribution in [1.82, 2.24) is 10.2 Å². The predicted molar refractivity (Wildman–Crippen MR) is 136 cm³/mol. The zero-order valence-electron chi connectivity index (χ0n) is 21.1. The van der Waals surface area contributed by atoms with Crippen molar-refractivity contribution in [1.29, 1.82) is 0 Å². The first kappa shape index (κ1) is 26.5. The van der Waals surface area contributed by atoms with E-state index in [2.05, 4.69) is 10.2 Å². The maximum absolute atomic E-state index is 13.2. The van der Waals surface area contributed by atoms with Gasteiger partial charge in [-0.1, -0.05) is 42.5 Å².